The number of aromatic nitrogens is 3. The Morgan fingerprint density at radius 2 is 2.00 bits per heavy atom. The molecule has 0 saturated carbocycles. The molecule has 1 unspecified atom stereocenters. The van der Waals surface area contributed by atoms with Gasteiger partial charge in [-0.05, 0) is 13.8 Å². The molecule has 1 aromatic heterocycles. The Balaban J connectivity index is 2.84. The standard InChI is InChI=1S/C12H22N6O2/c1-7(2)20-12-16-10(13)15-11(17-12)18(5)6-8(3)9(19)14-4/h7-8H,6H2,1-5H3,(H,14,19)(H2,13,15,16,17). The van der Waals surface area contributed by atoms with Gasteiger partial charge in [0.1, 0.15) is 0 Å². The summed E-state index contributed by atoms with van der Waals surface area (Å²) in [5, 5.41) is 2.60. The summed E-state index contributed by atoms with van der Waals surface area (Å²) in [6.45, 7) is 6.03. The zero-order valence-corrected chi connectivity index (χ0v) is 12.5. The van der Waals surface area contributed by atoms with Crippen molar-refractivity contribution in [1.29, 1.82) is 0 Å². The number of nitrogens with zero attached hydrogens (tertiary/aromatic N) is 4. The lowest BCUT2D eigenvalue weighted by Gasteiger charge is -2.21. The number of nitrogens with one attached hydrogen (secondary N) is 1. The van der Waals surface area contributed by atoms with E-state index in [0.29, 0.717) is 12.5 Å². The molecule has 0 aliphatic heterocycles. The number of carbonyl (C=O) groups excluding carboxylic acids is 1. The SMILES string of the molecule is CNC(=O)C(C)CN(C)c1nc(N)nc(OC(C)C)n1. The second kappa shape index (κ2) is 6.88. The molecule has 1 rings (SSSR count). The van der Waals surface area contributed by atoms with Gasteiger partial charge < -0.3 is 20.7 Å². The maximum atomic E-state index is 11.5. The van der Waals surface area contributed by atoms with E-state index in [9.17, 15) is 4.79 Å². The summed E-state index contributed by atoms with van der Waals surface area (Å²) in [5.41, 5.74) is 5.64. The molecule has 3 N–H and O–H groups in total. The predicted molar refractivity (Wildman–Crippen MR) is 76.5 cm³/mol. The summed E-state index contributed by atoms with van der Waals surface area (Å²) in [4.78, 5) is 25.4. The number of carbonyl (C=O) groups is 1. The molecule has 1 heterocycles. The minimum absolute atomic E-state index is 0.0440. The highest BCUT2D eigenvalue weighted by atomic mass is 16.5. The zero-order valence-electron chi connectivity index (χ0n) is 12.5. The van der Waals surface area contributed by atoms with Crippen LogP contribution in [0.4, 0.5) is 11.9 Å². The molecule has 1 amide bonds. The van der Waals surface area contributed by atoms with Crippen molar-refractivity contribution in [3.8, 4) is 6.01 Å². The molecule has 1 aromatic rings. The van der Waals surface area contributed by atoms with Crippen molar-refractivity contribution in [2.24, 2.45) is 5.92 Å². The number of nitrogens with two attached hydrogens (primary N) is 1. The summed E-state index contributed by atoms with van der Waals surface area (Å²) in [6.07, 6.45) is -0.0558. The van der Waals surface area contributed by atoms with Crippen molar-refractivity contribution in [2.75, 3.05) is 31.3 Å². The van der Waals surface area contributed by atoms with Crippen molar-refractivity contribution < 1.29 is 9.53 Å². The normalized spacial score (nSPS) is 12.1. The Labute approximate surface area is 118 Å². The topological polar surface area (TPSA) is 106 Å². The van der Waals surface area contributed by atoms with Crippen LogP contribution in [-0.4, -0.2) is 47.6 Å². The molecule has 0 bridgehead atoms. The molecule has 0 fully saturated rings. The van der Waals surface area contributed by atoms with Gasteiger partial charge >= 0.3 is 6.01 Å². The molecule has 0 aromatic carbocycles. The number of amides is 1. The highest BCUT2D eigenvalue weighted by Gasteiger charge is 2.17. The van der Waals surface area contributed by atoms with Gasteiger partial charge in [-0.2, -0.15) is 15.0 Å². The molecule has 0 saturated heterocycles. The van der Waals surface area contributed by atoms with Gasteiger partial charge in [-0.25, -0.2) is 0 Å². The second-order valence-corrected chi connectivity index (χ2v) is 4.84. The average Bonchev–Trinajstić information content (AvgIpc) is 2.35. The highest BCUT2D eigenvalue weighted by molar-refractivity contribution is 5.78. The van der Waals surface area contributed by atoms with Crippen molar-refractivity contribution in [3.63, 3.8) is 0 Å². The van der Waals surface area contributed by atoms with Crippen molar-refractivity contribution >= 4 is 17.8 Å². The van der Waals surface area contributed by atoms with Crippen LogP contribution in [0.25, 0.3) is 0 Å². The molecule has 8 heteroatoms. The molecule has 0 aliphatic carbocycles. The quantitative estimate of drug-likeness (QED) is 0.759. The first-order valence-corrected chi connectivity index (χ1v) is 6.44. The van der Waals surface area contributed by atoms with Crippen LogP contribution in [0.2, 0.25) is 0 Å². The lowest BCUT2D eigenvalue weighted by Crippen LogP contribution is -2.35. The Kier molecular flexibility index (Phi) is 5.48. The number of hydrogen-bond donors (Lipinski definition) is 2. The van der Waals surface area contributed by atoms with Crippen LogP contribution in [0.1, 0.15) is 20.8 Å². The Bertz CT molecular complexity index is 465. The average molecular weight is 282 g/mol. The van der Waals surface area contributed by atoms with Crippen LogP contribution in [0, 0.1) is 5.92 Å². The monoisotopic (exact) mass is 282 g/mol. The fourth-order valence-electron chi connectivity index (χ4n) is 1.62. The number of hydrogen-bond acceptors (Lipinski definition) is 7. The molecular formula is C12H22N6O2. The van der Waals surface area contributed by atoms with Crippen LogP contribution in [0.15, 0.2) is 0 Å². The molecular weight excluding hydrogens is 260 g/mol. The first-order chi connectivity index (χ1) is 9.33. The summed E-state index contributed by atoms with van der Waals surface area (Å²) in [7, 11) is 3.39. The first kappa shape index (κ1) is 15.9. The van der Waals surface area contributed by atoms with Crippen LogP contribution in [0.5, 0.6) is 6.01 Å². The molecule has 0 aliphatic rings. The van der Waals surface area contributed by atoms with Gasteiger partial charge in [-0.15, -0.1) is 0 Å². The van der Waals surface area contributed by atoms with E-state index in [1.54, 1.807) is 19.0 Å². The van der Waals surface area contributed by atoms with Crippen LogP contribution < -0.4 is 20.7 Å². The fourth-order valence-corrected chi connectivity index (χ4v) is 1.62. The van der Waals surface area contributed by atoms with E-state index in [0.717, 1.165) is 0 Å². The molecule has 0 spiro atoms. The molecule has 1 atom stereocenters. The number of ether oxygens (including phenoxy) is 1. The summed E-state index contributed by atoms with van der Waals surface area (Å²) in [5.74, 6) is 0.226. The van der Waals surface area contributed by atoms with Crippen LogP contribution in [-0.2, 0) is 4.79 Å². The van der Waals surface area contributed by atoms with E-state index in [2.05, 4.69) is 20.3 Å². The number of anilines is 2. The smallest absolute Gasteiger partial charge is 0.323 e. The fraction of sp³-hybridized carbons (Fsp3) is 0.667. The van der Waals surface area contributed by atoms with Crippen molar-refractivity contribution in [1.82, 2.24) is 20.3 Å². The summed E-state index contributed by atoms with van der Waals surface area (Å²) in [6, 6.07) is 0.182. The molecule has 0 radical (unpaired) electrons. The Hall–Kier alpha value is -2.12. The van der Waals surface area contributed by atoms with E-state index >= 15 is 0 Å². The third kappa shape index (κ3) is 4.52. The van der Waals surface area contributed by atoms with Crippen LogP contribution in [0.3, 0.4) is 0 Å². The largest absolute Gasteiger partial charge is 0.461 e. The highest BCUT2D eigenvalue weighted by Crippen LogP contribution is 2.14. The van der Waals surface area contributed by atoms with E-state index in [4.69, 9.17) is 10.5 Å². The maximum absolute atomic E-state index is 11.5. The summed E-state index contributed by atoms with van der Waals surface area (Å²) >= 11 is 0. The minimum atomic E-state index is -0.197. The van der Waals surface area contributed by atoms with Gasteiger partial charge in [-0.1, -0.05) is 6.92 Å². The third-order valence-corrected chi connectivity index (χ3v) is 2.54. The summed E-state index contributed by atoms with van der Waals surface area (Å²) < 4.78 is 5.41. The molecule has 112 valence electrons. The van der Waals surface area contributed by atoms with E-state index < -0.39 is 0 Å². The molecule has 20 heavy (non-hydrogen) atoms. The Morgan fingerprint density at radius 3 is 2.55 bits per heavy atom. The van der Waals surface area contributed by atoms with E-state index in [1.165, 1.54) is 0 Å². The van der Waals surface area contributed by atoms with Crippen LogP contribution >= 0.6 is 0 Å². The van der Waals surface area contributed by atoms with Gasteiger partial charge in [0.05, 0.1) is 12.0 Å². The van der Waals surface area contributed by atoms with Gasteiger partial charge in [0.2, 0.25) is 17.8 Å². The Morgan fingerprint density at radius 1 is 1.35 bits per heavy atom. The third-order valence-electron chi connectivity index (χ3n) is 2.54. The predicted octanol–water partition coefficient (Wildman–Crippen LogP) is 0.0593. The van der Waals surface area contributed by atoms with Gasteiger partial charge in [-0.3, -0.25) is 4.79 Å². The lowest BCUT2D eigenvalue weighted by molar-refractivity contribution is -0.123. The van der Waals surface area contributed by atoms with Gasteiger partial charge in [0.25, 0.3) is 0 Å². The number of nitrogen functional groups attached to an aromatic ring is 1. The van der Waals surface area contributed by atoms with Crippen molar-refractivity contribution in [3.05, 3.63) is 0 Å². The van der Waals surface area contributed by atoms with Crippen molar-refractivity contribution in [2.45, 2.75) is 26.9 Å². The van der Waals surface area contributed by atoms with E-state index in [1.807, 2.05) is 20.8 Å². The minimum Gasteiger partial charge on any atom is -0.461 e. The maximum Gasteiger partial charge on any atom is 0.323 e. The van der Waals surface area contributed by atoms with Gasteiger partial charge in [0, 0.05) is 20.6 Å². The first-order valence-electron chi connectivity index (χ1n) is 6.44. The number of rotatable bonds is 6. The zero-order chi connectivity index (χ0) is 15.3. The van der Waals surface area contributed by atoms with E-state index in [-0.39, 0.29) is 29.9 Å². The second-order valence-electron chi connectivity index (χ2n) is 4.84. The lowest BCUT2D eigenvalue weighted by atomic mass is 10.1. The molecule has 8 nitrogen and oxygen atoms in total. The van der Waals surface area contributed by atoms with Gasteiger partial charge in [0.15, 0.2) is 0 Å².